The molecule has 0 fully saturated rings. The third-order valence-electron chi connectivity index (χ3n) is 3.24. The van der Waals surface area contributed by atoms with E-state index in [1.165, 1.54) is 10.6 Å². The molecule has 2 aromatic carbocycles. The zero-order valence-corrected chi connectivity index (χ0v) is 13.3. The molecular formula is C18H21BOP. The number of rotatable bonds is 6. The number of aliphatic hydroxyl groups is 1. The summed E-state index contributed by atoms with van der Waals surface area (Å²) in [5.74, 6) is 0. The lowest BCUT2D eigenvalue weighted by molar-refractivity contribution is 0.291. The number of benzene rings is 2. The minimum atomic E-state index is -0.473. The second kappa shape index (κ2) is 9.55. The SMILES string of the molecule is C/C=C/[C@H](CCO)P(c1ccccc1)c1ccccc1.[B]. The van der Waals surface area contributed by atoms with Crippen molar-refractivity contribution in [2.75, 3.05) is 6.61 Å². The highest BCUT2D eigenvalue weighted by molar-refractivity contribution is 7.73. The van der Waals surface area contributed by atoms with E-state index in [0.717, 1.165) is 6.42 Å². The van der Waals surface area contributed by atoms with Gasteiger partial charge in [0.05, 0.1) is 0 Å². The summed E-state index contributed by atoms with van der Waals surface area (Å²) in [7, 11) is -0.473. The van der Waals surface area contributed by atoms with Crippen molar-refractivity contribution in [2.45, 2.75) is 19.0 Å². The first-order valence-electron chi connectivity index (χ1n) is 7.00. The van der Waals surface area contributed by atoms with Crippen LogP contribution in [-0.2, 0) is 0 Å². The highest BCUT2D eigenvalue weighted by atomic mass is 31.1. The molecule has 2 rings (SSSR count). The minimum absolute atomic E-state index is 0. The van der Waals surface area contributed by atoms with Crippen LogP contribution in [0.3, 0.4) is 0 Å². The topological polar surface area (TPSA) is 20.2 Å². The van der Waals surface area contributed by atoms with Crippen molar-refractivity contribution < 1.29 is 5.11 Å². The van der Waals surface area contributed by atoms with Crippen LogP contribution >= 0.6 is 7.92 Å². The zero-order valence-electron chi connectivity index (χ0n) is 12.4. The molecule has 1 atom stereocenters. The molecule has 3 radical (unpaired) electrons. The molecule has 0 aliphatic heterocycles. The van der Waals surface area contributed by atoms with Crippen molar-refractivity contribution in [3.05, 3.63) is 72.8 Å². The maximum atomic E-state index is 9.38. The summed E-state index contributed by atoms with van der Waals surface area (Å²) in [6.45, 7) is 2.28. The van der Waals surface area contributed by atoms with Gasteiger partial charge in [-0.3, -0.25) is 0 Å². The largest absolute Gasteiger partial charge is 0.396 e. The van der Waals surface area contributed by atoms with Gasteiger partial charge in [0.15, 0.2) is 0 Å². The summed E-state index contributed by atoms with van der Waals surface area (Å²) in [5.41, 5.74) is 0.379. The van der Waals surface area contributed by atoms with Crippen LogP contribution in [0.4, 0.5) is 0 Å². The van der Waals surface area contributed by atoms with E-state index in [0.29, 0.717) is 5.66 Å². The number of hydrogen-bond acceptors (Lipinski definition) is 1. The summed E-state index contributed by atoms with van der Waals surface area (Å²) in [6.07, 6.45) is 5.14. The van der Waals surface area contributed by atoms with Crippen molar-refractivity contribution in [1.82, 2.24) is 0 Å². The Bertz CT molecular complexity index is 488. The molecule has 1 nitrogen and oxygen atoms in total. The molecule has 0 heterocycles. The van der Waals surface area contributed by atoms with Crippen LogP contribution < -0.4 is 10.6 Å². The maximum absolute atomic E-state index is 9.38. The van der Waals surface area contributed by atoms with E-state index in [2.05, 4.69) is 72.8 Å². The van der Waals surface area contributed by atoms with E-state index in [-0.39, 0.29) is 15.0 Å². The van der Waals surface area contributed by atoms with Gasteiger partial charge in [0.1, 0.15) is 0 Å². The molecule has 0 amide bonds. The van der Waals surface area contributed by atoms with E-state index in [9.17, 15) is 5.11 Å². The van der Waals surface area contributed by atoms with E-state index in [1.54, 1.807) is 0 Å². The average molecular weight is 295 g/mol. The Morgan fingerprint density at radius 2 is 1.43 bits per heavy atom. The van der Waals surface area contributed by atoms with Crippen molar-refractivity contribution in [1.29, 1.82) is 0 Å². The lowest BCUT2D eigenvalue weighted by Gasteiger charge is -2.26. The van der Waals surface area contributed by atoms with Crippen molar-refractivity contribution in [3.8, 4) is 0 Å². The third kappa shape index (κ3) is 4.84. The minimum Gasteiger partial charge on any atom is -0.396 e. The Morgan fingerprint density at radius 3 is 1.81 bits per heavy atom. The van der Waals surface area contributed by atoms with Gasteiger partial charge in [-0.25, -0.2) is 0 Å². The summed E-state index contributed by atoms with van der Waals surface area (Å²) in [4.78, 5) is 0. The smallest absolute Gasteiger partial charge is 0.0440 e. The Kier molecular flexibility index (Phi) is 8.04. The Labute approximate surface area is 131 Å². The first kappa shape index (κ1) is 17.7. The average Bonchev–Trinajstić information content (AvgIpc) is 2.50. The van der Waals surface area contributed by atoms with Gasteiger partial charge in [-0.15, -0.1) is 0 Å². The van der Waals surface area contributed by atoms with Gasteiger partial charge in [0.25, 0.3) is 0 Å². The molecule has 0 aliphatic carbocycles. The standard InChI is InChI=1S/C18H21OP.B/c1-2-9-16(14-15-19)20(17-10-5-3-6-11-17)18-12-7-4-8-13-18;/h2-13,16,19H,14-15H2,1H3;/b9-2+;/t16-;/m1./s1. The summed E-state index contributed by atoms with van der Waals surface area (Å²) in [6, 6.07) is 21.3. The van der Waals surface area contributed by atoms with E-state index in [4.69, 9.17) is 0 Å². The Morgan fingerprint density at radius 1 is 0.952 bits per heavy atom. The van der Waals surface area contributed by atoms with Crippen LogP contribution in [0.25, 0.3) is 0 Å². The lowest BCUT2D eigenvalue weighted by atomic mass is 10.3. The fraction of sp³-hybridized carbons (Fsp3) is 0.222. The highest BCUT2D eigenvalue weighted by Crippen LogP contribution is 2.41. The second-order valence-corrected chi connectivity index (χ2v) is 7.08. The predicted molar refractivity (Wildman–Crippen MR) is 95.1 cm³/mol. The molecule has 107 valence electrons. The van der Waals surface area contributed by atoms with E-state index < -0.39 is 7.92 Å². The van der Waals surface area contributed by atoms with E-state index in [1.807, 2.05) is 6.92 Å². The van der Waals surface area contributed by atoms with Crippen molar-refractivity contribution in [2.24, 2.45) is 0 Å². The zero-order chi connectivity index (χ0) is 14.2. The van der Waals surface area contributed by atoms with Crippen LogP contribution in [0.15, 0.2) is 72.8 Å². The molecule has 2 aromatic rings. The third-order valence-corrected chi connectivity index (χ3v) is 6.04. The predicted octanol–water partition coefficient (Wildman–Crippen LogP) is 3.07. The molecular weight excluding hydrogens is 274 g/mol. The van der Waals surface area contributed by atoms with Crippen molar-refractivity contribution >= 4 is 26.9 Å². The van der Waals surface area contributed by atoms with E-state index >= 15 is 0 Å². The normalized spacial score (nSPS) is 12.3. The number of aliphatic hydroxyl groups excluding tert-OH is 1. The molecule has 3 heteroatoms. The fourth-order valence-electron chi connectivity index (χ4n) is 2.38. The quantitative estimate of drug-likeness (QED) is 0.493. The van der Waals surface area contributed by atoms with Crippen LogP contribution in [0.2, 0.25) is 0 Å². The van der Waals surface area contributed by atoms with Crippen LogP contribution in [0.1, 0.15) is 13.3 Å². The fourth-order valence-corrected chi connectivity index (χ4v) is 5.14. The first-order chi connectivity index (χ1) is 9.86. The van der Waals surface area contributed by atoms with Gasteiger partial charge >= 0.3 is 0 Å². The molecule has 0 saturated carbocycles. The van der Waals surface area contributed by atoms with Crippen LogP contribution in [0, 0.1) is 0 Å². The van der Waals surface area contributed by atoms with Crippen LogP contribution in [0.5, 0.6) is 0 Å². The molecule has 0 aromatic heterocycles. The molecule has 0 bridgehead atoms. The van der Waals surface area contributed by atoms with Gasteiger partial charge in [0.2, 0.25) is 0 Å². The Hall–Kier alpha value is -1.37. The monoisotopic (exact) mass is 295 g/mol. The summed E-state index contributed by atoms with van der Waals surface area (Å²) in [5, 5.41) is 12.1. The molecule has 0 unspecified atom stereocenters. The lowest BCUT2D eigenvalue weighted by Crippen LogP contribution is -2.21. The molecule has 21 heavy (non-hydrogen) atoms. The van der Waals surface area contributed by atoms with Gasteiger partial charge in [-0.05, 0) is 31.9 Å². The van der Waals surface area contributed by atoms with Gasteiger partial charge in [-0.2, -0.15) is 0 Å². The van der Waals surface area contributed by atoms with Gasteiger partial charge < -0.3 is 5.11 Å². The Balaban J connectivity index is 0.00000220. The second-order valence-electron chi connectivity index (χ2n) is 4.65. The van der Waals surface area contributed by atoms with Crippen molar-refractivity contribution in [3.63, 3.8) is 0 Å². The molecule has 0 spiro atoms. The summed E-state index contributed by atoms with van der Waals surface area (Å²) < 4.78 is 0. The van der Waals surface area contributed by atoms with Gasteiger partial charge in [0, 0.05) is 20.7 Å². The molecule has 0 saturated heterocycles. The first-order valence-corrected chi connectivity index (χ1v) is 8.41. The number of allylic oxidation sites excluding steroid dienone is 2. The molecule has 1 N–H and O–H groups in total. The molecule has 0 aliphatic rings. The van der Waals surface area contributed by atoms with Crippen LogP contribution in [-0.4, -0.2) is 25.8 Å². The summed E-state index contributed by atoms with van der Waals surface area (Å²) >= 11 is 0. The highest BCUT2D eigenvalue weighted by Gasteiger charge is 2.21. The maximum Gasteiger partial charge on any atom is 0.0440 e. The van der Waals surface area contributed by atoms with Gasteiger partial charge in [-0.1, -0.05) is 72.8 Å². The number of hydrogen-bond donors (Lipinski definition) is 1.